The van der Waals surface area contributed by atoms with Gasteiger partial charge in [-0.1, -0.05) is 24.3 Å². The van der Waals surface area contributed by atoms with Gasteiger partial charge in [-0.25, -0.2) is 9.50 Å². The maximum atomic E-state index is 13.6. The molecular formula is C19H10F3N5OS. The van der Waals surface area contributed by atoms with Gasteiger partial charge in [0, 0.05) is 11.6 Å². The Morgan fingerprint density at radius 2 is 1.69 bits per heavy atom. The maximum absolute atomic E-state index is 13.6. The molecule has 0 amide bonds. The molecule has 5 rings (SSSR count). The van der Waals surface area contributed by atoms with Gasteiger partial charge in [0.1, 0.15) is 0 Å². The van der Waals surface area contributed by atoms with E-state index in [1.807, 2.05) is 18.2 Å². The average Bonchev–Trinajstić information content (AvgIpc) is 3.46. The van der Waals surface area contributed by atoms with Gasteiger partial charge in [-0.2, -0.15) is 18.3 Å². The summed E-state index contributed by atoms with van der Waals surface area (Å²) in [6.45, 7) is 0. The zero-order valence-corrected chi connectivity index (χ0v) is 15.3. The lowest BCUT2D eigenvalue weighted by Crippen LogP contribution is -2.13. The van der Waals surface area contributed by atoms with Crippen molar-refractivity contribution < 1.29 is 17.6 Å². The lowest BCUT2D eigenvalue weighted by atomic mass is 10.2. The molecule has 0 N–H and O–H groups in total. The molecule has 0 aliphatic heterocycles. The Hall–Kier alpha value is -3.53. The normalized spacial score (nSPS) is 12.0. The van der Waals surface area contributed by atoms with Gasteiger partial charge in [0.2, 0.25) is 5.89 Å². The number of hydrogen-bond donors (Lipinski definition) is 0. The third-order valence-corrected chi connectivity index (χ3v) is 5.05. The first-order chi connectivity index (χ1) is 14.0. The van der Waals surface area contributed by atoms with Crippen LogP contribution in [-0.4, -0.2) is 24.8 Å². The summed E-state index contributed by atoms with van der Waals surface area (Å²) in [5.41, 5.74) is 0.143. The minimum Gasteiger partial charge on any atom is -0.415 e. The number of hydrogen-bond acceptors (Lipinski definition) is 6. The summed E-state index contributed by atoms with van der Waals surface area (Å²) in [5, 5.41) is 13.7. The van der Waals surface area contributed by atoms with E-state index in [1.165, 1.54) is 17.4 Å². The second-order valence-electron chi connectivity index (χ2n) is 6.08. The molecule has 29 heavy (non-hydrogen) atoms. The molecule has 0 atom stereocenters. The van der Waals surface area contributed by atoms with Gasteiger partial charge in [0.25, 0.3) is 5.89 Å². The van der Waals surface area contributed by atoms with Crippen molar-refractivity contribution in [3.8, 4) is 33.6 Å². The Morgan fingerprint density at radius 1 is 0.897 bits per heavy atom. The van der Waals surface area contributed by atoms with Crippen molar-refractivity contribution in [2.24, 2.45) is 0 Å². The molecule has 0 fully saturated rings. The third-order valence-electron chi connectivity index (χ3n) is 4.16. The summed E-state index contributed by atoms with van der Waals surface area (Å²) in [6.07, 6.45) is -4.61. The number of rotatable bonds is 3. The van der Waals surface area contributed by atoms with Gasteiger partial charge < -0.3 is 4.42 Å². The Labute approximate surface area is 165 Å². The Morgan fingerprint density at radius 3 is 2.41 bits per heavy atom. The summed E-state index contributed by atoms with van der Waals surface area (Å²) in [7, 11) is 0. The molecule has 0 bridgehead atoms. The lowest BCUT2D eigenvalue weighted by Gasteiger charge is -2.10. The standard InChI is InChI=1S/C19H10F3N5OS/c20-19(21,22)15-9-12(14-7-4-8-29-14)23-16-10-13(26-27(15)16)18-25-24-17(28-18)11-5-2-1-3-6-11/h1-10H. The molecule has 4 aromatic heterocycles. The topological polar surface area (TPSA) is 69.1 Å². The van der Waals surface area contributed by atoms with Crippen LogP contribution in [0.3, 0.4) is 0 Å². The zero-order valence-electron chi connectivity index (χ0n) is 14.5. The van der Waals surface area contributed by atoms with Crippen molar-refractivity contribution in [3.05, 3.63) is 65.7 Å². The molecule has 0 aliphatic carbocycles. The van der Waals surface area contributed by atoms with Crippen molar-refractivity contribution in [2.75, 3.05) is 0 Å². The number of nitrogens with zero attached hydrogens (tertiary/aromatic N) is 5. The number of fused-ring (bicyclic) bond motifs is 1. The van der Waals surface area contributed by atoms with Crippen molar-refractivity contribution in [1.82, 2.24) is 24.8 Å². The minimum atomic E-state index is -4.61. The molecule has 0 saturated heterocycles. The number of alkyl halides is 3. The van der Waals surface area contributed by atoms with Crippen LogP contribution >= 0.6 is 11.3 Å². The van der Waals surface area contributed by atoms with Crippen LogP contribution in [0.2, 0.25) is 0 Å². The van der Waals surface area contributed by atoms with E-state index in [0.717, 1.165) is 10.6 Å². The summed E-state index contributed by atoms with van der Waals surface area (Å²) in [6, 6.07) is 14.9. The molecule has 144 valence electrons. The van der Waals surface area contributed by atoms with Crippen LogP contribution in [0.15, 0.2) is 64.4 Å². The maximum Gasteiger partial charge on any atom is 0.433 e. The smallest absolute Gasteiger partial charge is 0.415 e. The monoisotopic (exact) mass is 413 g/mol. The van der Waals surface area contributed by atoms with Crippen molar-refractivity contribution >= 4 is 17.0 Å². The van der Waals surface area contributed by atoms with E-state index in [1.54, 1.807) is 29.6 Å². The van der Waals surface area contributed by atoms with E-state index < -0.39 is 11.9 Å². The van der Waals surface area contributed by atoms with Crippen LogP contribution in [0.5, 0.6) is 0 Å². The highest BCUT2D eigenvalue weighted by Gasteiger charge is 2.35. The number of halogens is 3. The number of thiophene rings is 1. The fourth-order valence-corrected chi connectivity index (χ4v) is 3.54. The first-order valence-electron chi connectivity index (χ1n) is 8.40. The second-order valence-corrected chi connectivity index (χ2v) is 7.03. The van der Waals surface area contributed by atoms with Gasteiger partial charge in [0.15, 0.2) is 17.0 Å². The van der Waals surface area contributed by atoms with Crippen LogP contribution in [0, 0.1) is 0 Å². The average molecular weight is 413 g/mol. The first kappa shape index (κ1) is 17.6. The predicted octanol–water partition coefficient (Wildman–Crippen LogP) is 5.19. The fourth-order valence-electron chi connectivity index (χ4n) is 2.86. The van der Waals surface area contributed by atoms with E-state index in [4.69, 9.17) is 4.42 Å². The zero-order chi connectivity index (χ0) is 20.0. The van der Waals surface area contributed by atoms with Crippen molar-refractivity contribution in [1.29, 1.82) is 0 Å². The van der Waals surface area contributed by atoms with Crippen LogP contribution < -0.4 is 0 Å². The quantitative estimate of drug-likeness (QED) is 0.407. The van der Waals surface area contributed by atoms with Gasteiger partial charge >= 0.3 is 6.18 Å². The highest BCUT2D eigenvalue weighted by Crippen LogP contribution is 2.34. The molecule has 10 heteroatoms. The second kappa shape index (κ2) is 6.52. The Bertz CT molecular complexity index is 1290. The summed E-state index contributed by atoms with van der Waals surface area (Å²) in [4.78, 5) is 4.95. The van der Waals surface area contributed by atoms with E-state index in [2.05, 4.69) is 20.3 Å². The molecule has 5 aromatic rings. The molecule has 6 nitrogen and oxygen atoms in total. The number of aromatic nitrogens is 5. The fraction of sp³-hybridized carbons (Fsp3) is 0.0526. The number of benzene rings is 1. The van der Waals surface area contributed by atoms with E-state index >= 15 is 0 Å². The Balaban J connectivity index is 1.64. The molecule has 1 aromatic carbocycles. The van der Waals surface area contributed by atoms with Gasteiger partial charge in [-0.15, -0.1) is 21.5 Å². The van der Waals surface area contributed by atoms with Gasteiger partial charge in [-0.3, -0.25) is 0 Å². The van der Waals surface area contributed by atoms with E-state index in [0.29, 0.717) is 10.4 Å². The lowest BCUT2D eigenvalue weighted by molar-refractivity contribution is -0.142. The van der Waals surface area contributed by atoms with E-state index in [-0.39, 0.29) is 28.8 Å². The van der Waals surface area contributed by atoms with Crippen molar-refractivity contribution in [2.45, 2.75) is 6.18 Å². The molecule has 0 aliphatic rings. The van der Waals surface area contributed by atoms with Crippen LogP contribution in [0.1, 0.15) is 5.69 Å². The van der Waals surface area contributed by atoms with Crippen LogP contribution in [0.25, 0.3) is 39.3 Å². The largest absolute Gasteiger partial charge is 0.433 e. The molecule has 0 spiro atoms. The van der Waals surface area contributed by atoms with Crippen LogP contribution in [0.4, 0.5) is 13.2 Å². The summed E-state index contributed by atoms with van der Waals surface area (Å²) < 4.78 is 47.3. The predicted molar refractivity (Wildman–Crippen MR) is 100 cm³/mol. The highest BCUT2D eigenvalue weighted by atomic mass is 32.1. The molecule has 4 heterocycles. The summed E-state index contributed by atoms with van der Waals surface area (Å²) in [5.74, 6) is 0.265. The molecule has 0 unspecified atom stereocenters. The van der Waals surface area contributed by atoms with Crippen molar-refractivity contribution in [3.63, 3.8) is 0 Å². The molecular weight excluding hydrogens is 403 g/mol. The van der Waals surface area contributed by atoms with Gasteiger partial charge in [0.05, 0.1) is 10.6 Å². The minimum absolute atomic E-state index is 0.0140. The molecule has 0 radical (unpaired) electrons. The summed E-state index contributed by atoms with van der Waals surface area (Å²) >= 11 is 1.31. The van der Waals surface area contributed by atoms with Gasteiger partial charge in [-0.05, 0) is 29.6 Å². The highest BCUT2D eigenvalue weighted by molar-refractivity contribution is 7.13. The first-order valence-corrected chi connectivity index (χ1v) is 9.28. The third kappa shape index (κ3) is 3.17. The van der Waals surface area contributed by atoms with Crippen LogP contribution in [-0.2, 0) is 6.18 Å². The SMILES string of the molecule is FC(F)(F)c1cc(-c2cccs2)nc2cc(-c3nnc(-c4ccccc4)o3)nn12. The van der Waals surface area contributed by atoms with E-state index in [9.17, 15) is 13.2 Å². The Kier molecular flexibility index (Phi) is 3.95. The molecule has 0 saturated carbocycles.